The van der Waals surface area contributed by atoms with E-state index >= 15 is 0 Å². The zero-order chi connectivity index (χ0) is 6.41. The molecule has 0 saturated heterocycles. The van der Waals surface area contributed by atoms with E-state index < -0.39 is 6.29 Å². The molecule has 0 aliphatic rings. The Labute approximate surface area is 57.7 Å². The Bertz CT molecular complexity index is 47.7. The molecule has 0 radical (unpaired) electrons. The summed E-state index contributed by atoms with van der Waals surface area (Å²) in [5, 5.41) is 17.6. The highest BCUT2D eigenvalue weighted by atomic mass is 79.9. The van der Waals surface area contributed by atoms with Crippen LogP contribution in [0, 0.1) is 0 Å². The number of aliphatic hydroxyl groups is 2. The van der Waals surface area contributed by atoms with Gasteiger partial charge < -0.3 is 10.2 Å². The molecule has 2 N–H and O–H groups in total. The second-order valence-corrected chi connectivity index (χ2v) is 2.46. The summed E-state index contributed by atoms with van der Waals surface area (Å²) in [6, 6.07) is 0. The van der Waals surface area contributed by atoms with Gasteiger partial charge in [0.1, 0.15) is 0 Å². The topological polar surface area (TPSA) is 40.5 Å². The van der Waals surface area contributed by atoms with Crippen molar-refractivity contribution < 1.29 is 10.2 Å². The summed E-state index contributed by atoms with van der Waals surface area (Å²) in [6.45, 7) is 0. The van der Waals surface area contributed by atoms with Crippen LogP contribution in [-0.2, 0) is 0 Å². The Morgan fingerprint density at radius 2 is 1.88 bits per heavy atom. The van der Waals surface area contributed by atoms with Gasteiger partial charge in [-0.05, 0) is 19.3 Å². The lowest BCUT2D eigenvalue weighted by Gasteiger charge is -1.99. The summed E-state index contributed by atoms with van der Waals surface area (Å²) in [5.74, 6) is 0. The summed E-state index contributed by atoms with van der Waals surface area (Å²) in [6.07, 6.45) is 1.26. The Morgan fingerprint density at radius 3 is 2.25 bits per heavy atom. The highest BCUT2D eigenvalue weighted by molar-refractivity contribution is 9.09. The third-order valence-corrected chi connectivity index (χ3v) is 1.41. The maximum absolute atomic E-state index is 8.32. The molecule has 0 aromatic heterocycles. The van der Waals surface area contributed by atoms with E-state index in [9.17, 15) is 0 Å². The summed E-state index contributed by atoms with van der Waals surface area (Å²) in [4.78, 5) is 0. The van der Waals surface area contributed by atoms with Crippen molar-refractivity contribution >= 4 is 15.9 Å². The number of alkyl halides is 1. The fourth-order valence-corrected chi connectivity index (χ4v) is 0.818. The largest absolute Gasteiger partial charge is 0.368 e. The average Bonchev–Trinajstić information content (AvgIpc) is 1.66. The Kier molecular flexibility index (Phi) is 5.81. The van der Waals surface area contributed by atoms with Crippen molar-refractivity contribution in [3.05, 3.63) is 0 Å². The summed E-state index contributed by atoms with van der Waals surface area (Å²) >= 11 is 3.24. The molecule has 0 aromatic carbocycles. The van der Waals surface area contributed by atoms with Crippen molar-refractivity contribution in [2.75, 3.05) is 5.33 Å². The molecule has 8 heavy (non-hydrogen) atoms. The van der Waals surface area contributed by atoms with E-state index in [-0.39, 0.29) is 0 Å². The van der Waals surface area contributed by atoms with Gasteiger partial charge in [-0.25, -0.2) is 0 Å². The van der Waals surface area contributed by atoms with Gasteiger partial charge in [-0.15, -0.1) is 0 Å². The standard InChI is InChI=1S/C5H11BrO2/c6-4-2-1-3-5(7)8/h5,7-8H,1-4H2. The van der Waals surface area contributed by atoms with Gasteiger partial charge in [0.05, 0.1) is 0 Å². The van der Waals surface area contributed by atoms with Crippen LogP contribution in [0.25, 0.3) is 0 Å². The van der Waals surface area contributed by atoms with Crippen LogP contribution in [-0.4, -0.2) is 21.8 Å². The SMILES string of the molecule is OC(O)CCCCBr. The molecule has 0 fully saturated rings. The number of rotatable bonds is 4. The van der Waals surface area contributed by atoms with Crippen molar-refractivity contribution in [2.45, 2.75) is 25.6 Å². The lowest BCUT2D eigenvalue weighted by atomic mass is 10.2. The fourth-order valence-electron chi connectivity index (χ4n) is 0.421. The van der Waals surface area contributed by atoms with Crippen LogP contribution in [0.1, 0.15) is 19.3 Å². The highest BCUT2D eigenvalue weighted by Gasteiger charge is 1.94. The summed E-state index contributed by atoms with van der Waals surface area (Å²) < 4.78 is 0. The maximum Gasteiger partial charge on any atom is 0.151 e. The molecule has 0 rings (SSSR count). The summed E-state index contributed by atoms with van der Waals surface area (Å²) in [5.41, 5.74) is 0. The predicted octanol–water partition coefficient (Wildman–Crippen LogP) is 0.862. The molecule has 0 heterocycles. The molecule has 0 atom stereocenters. The number of hydrogen-bond donors (Lipinski definition) is 2. The van der Waals surface area contributed by atoms with Crippen LogP contribution in [0.15, 0.2) is 0 Å². The minimum atomic E-state index is -1.12. The first-order chi connectivity index (χ1) is 3.77. The molecular formula is C5H11BrO2. The van der Waals surface area contributed by atoms with Crippen LogP contribution < -0.4 is 0 Å². The number of halogens is 1. The number of unbranched alkanes of at least 4 members (excludes halogenated alkanes) is 1. The number of hydrogen-bond acceptors (Lipinski definition) is 2. The first-order valence-electron chi connectivity index (χ1n) is 2.69. The quantitative estimate of drug-likeness (QED) is 0.385. The molecular weight excluding hydrogens is 172 g/mol. The minimum Gasteiger partial charge on any atom is -0.368 e. The van der Waals surface area contributed by atoms with Gasteiger partial charge in [-0.3, -0.25) is 0 Å². The molecule has 0 bridgehead atoms. The zero-order valence-corrected chi connectivity index (χ0v) is 6.26. The van der Waals surface area contributed by atoms with Crippen LogP contribution >= 0.6 is 15.9 Å². The molecule has 0 aliphatic carbocycles. The first kappa shape index (κ1) is 8.40. The first-order valence-corrected chi connectivity index (χ1v) is 3.81. The molecule has 0 amide bonds. The second-order valence-electron chi connectivity index (χ2n) is 1.67. The van der Waals surface area contributed by atoms with Gasteiger partial charge in [0.2, 0.25) is 0 Å². The molecule has 50 valence electrons. The van der Waals surface area contributed by atoms with Gasteiger partial charge in [-0.2, -0.15) is 0 Å². The Balaban J connectivity index is 2.72. The van der Waals surface area contributed by atoms with Crippen molar-refractivity contribution in [1.82, 2.24) is 0 Å². The monoisotopic (exact) mass is 182 g/mol. The van der Waals surface area contributed by atoms with Crippen molar-refractivity contribution in [1.29, 1.82) is 0 Å². The normalized spacial score (nSPS) is 10.5. The van der Waals surface area contributed by atoms with E-state index in [1.54, 1.807) is 0 Å². The van der Waals surface area contributed by atoms with Gasteiger partial charge in [-0.1, -0.05) is 15.9 Å². The molecule has 0 unspecified atom stereocenters. The average molecular weight is 183 g/mol. The molecule has 0 aromatic rings. The second kappa shape index (κ2) is 5.54. The molecule has 0 aliphatic heterocycles. The zero-order valence-electron chi connectivity index (χ0n) is 4.68. The van der Waals surface area contributed by atoms with Crippen LogP contribution in [0.4, 0.5) is 0 Å². The van der Waals surface area contributed by atoms with E-state index in [4.69, 9.17) is 10.2 Å². The van der Waals surface area contributed by atoms with Gasteiger partial charge in [0.25, 0.3) is 0 Å². The molecule has 3 heteroatoms. The van der Waals surface area contributed by atoms with Crippen molar-refractivity contribution in [3.63, 3.8) is 0 Å². The molecule has 0 spiro atoms. The third-order valence-electron chi connectivity index (χ3n) is 0.846. The van der Waals surface area contributed by atoms with Gasteiger partial charge >= 0.3 is 0 Å². The lowest BCUT2D eigenvalue weighted by molar-refractivity contribution is -0.0462. The lowest BCUT2D eigenvalue weighted by Crippen LogP contribution is -2.02. The van der Waals surface area contributed by atoms with Gasteiger partial charge in [0.15, 0.2) is 6.29 Å². The fraction of sp³-hybridized carbons (Fsp3) is 1.00. The van der Waals surface area contributed by atoms with Crippen molar-refractivity contribution in [2.24, 2.45) is 0 Å². The van der Waals surface area contributed by atoms with E-state index in [2.05, 4.69) is 15.9 Å². The smallest absolute Gasteiger partial charge is 0.151 e. The van der Waals surface area contributed by atoms with Crippen molar-refractivity contribution in [3.8, 4) is 0 Å². The van der Waals surface area contributed by atoms with E-state index in [1.807, 2.05) is 0 Å². The Hall–Kier alpha value is 0.400. The van der Waals surface area contributed by atoms with E-state index in [1.165, 1.54) is 0 Å². The van der Waals surface area contributed by atoms with Gasteiger partial charge in [0, 0.05) is 5.33 Å². The third kappa shape index (κ3) is 6.40. The highest BCUT2D eigenvalue weighted by Crippen LogP contribution is 1.99. The van der Waals surface area contributed by atoms with Crippen LogP contribution in [0.5, 0.6) is 0 Å². The van der Waals surface area contributed by atoms with Crippen LogP contribution in [0.2, 0.25) is 0 Å². The van der Waals surface area contributed by atoms with Crippen LogP contribution in [0.3, 0.4) is 0 Å². The Morgan fingerprint density at radius 1 is 1.25 bits per heavy atom. The minimum absolute atomic E-state index is 0.492. The summed E-state index contributed by atoms with van der Waals surface area (Å²) in [7, 11) is 0. The van der Waals surface area contributed by atoms with E-state index in [0.717, 1.165) is 18.2 Å². The maximum atomic E-state index is 8.32. The number of aliphatic hydroxyl groups excluding tert-OH is 1. The van der Waals surface area contributed by atoms with E-state index in [0.29, 0.717) is 6.42 Å². The molecule has 0 saturated carbocycles. The predicted molar refractivity (Wildman–Crippen MR) is 35.9 cm³/mol. The molecule has 2 nitrogen and oxygen atoms in total.